The molecule has 0 aromatic heterocycles. The minimum Gasteiger partial charge on any atom is -0.457 e. The number of rotatable bonds is 27. The standard InChI is InChI=1S/C31H58O12S/c1-3-5-6-7-8-9-10-11-12-13-14-15-16-17-18-19-20-21-39-23-25(41-27(33)4-2)24-40-31-29(35)30(43-44(36,37)38)28(34)26(22-32)42-31/h12-13,25-26,28-32,34-35H,3-11,14-24H2,1-2H3,(H,36,37,38)/b13-12-. The highest BCUT2D eigenvalue weighted by Gasteiger charge is 2.48. The lowest BCUT2D eigenvalue weighted by Crippen LogP contribution is -2.60. The molecule has 0 aliphatic carbocycles. The monoisotopic (exact) mass is 654 g/mol. The summed E-state index contributed by atoms with van der Waals surface area (Å²) in [6.45, 7) is 3.34. The molecule has 44 heavy (non-hydrogen) atoms. The zero-order valence-corrected chi connectivity index (χ0v) is 27.5. The molecule has 1 aliphatic heterocycles. The van der Waals surface area contributed by atoms with Crippen molar-refractivity contribution in [1.29, 1.82) is 0 Å². The molecular formula is C31H58O12S. The fourth-order valence-electron chi connectivity index (χ4n) is 4.88. The van der Waals surface area contributed by atoms with Gasteiger partial charge in [0.1, 0.15) is 30.5 Å². The molecule has 1 rings (SSSR count). The first kappa shape index (κ1) is 40.9. The number of aliphatic hydroxyl groups is 3. The van der Waals surface area contributed by atoms with E-state index in [0.29, 0.717) is 6.61 Å². The maximum Gasteiger partial charge on any atom is 0.397 e. The molecule has 6 atom stereocenters. The summed E-state index contributed by atoms with van der Waals surface area (Å²) in [7, 11) is -5.04. The summed E-state index contributed by atoms with van der Waals surface area (Å²) >= 11 is 0. The largest absolute Gasteiger partial charge is 0.457 e. The Morgan fingerprint density at radius 3 is 1.95 bits per heavy atom. The van der Waals surface area contributed by atoms with Crippen molar-refractivity contribution in [3.63, 3.8) is 0 Å². The molecule has 0 bridgehead atoms. The van der Waals surface area contributed by atoms with Gasteiger partial charge in [-0.2, -0.15) is 8.42 Å². The molecule has 6 unspecified atom stereocenters. The van der Waals surface area contributed by atoms with Crippen molar-refractivity contribution in [2.24, 2.45) is 0 Å². The van der Waals surface area contributed by atoms with E-state index in [1.165, 1.54) is 70.6 Å². The summed E-state index contributed by atoms with van der Waals surface area (Å²) in [5, 5.41) is 30.0. The third-order valence-electron chi connectivity index (χ3n) is 7.44. The summed E-state index contributed by atoms with van der Waals surface area (Å²) in [5.41, 5.74) is 0. The van der Waals surface area contributed by atoms with E-state index in [4.69, 9.17) is 23.5 Å². The van der Waals surface area contributed by atoms with E-state index in [9.17, 15) is 28.5 Å². The van der Waals surface area contributed by atoms with E-state index in [2.05, 4.69) is 23.3 Å². The van der Waals surface area contributed by atoms with Crippen molar-refractivity contribution in [2.75, 3.05) is 26.4 Å². The van der Waals surface area contributed by atoms with Crippen molar-refractivity contribution in [3.8, 4) is 0 Å². The molecule has 260 valence electrons. The Morgan fingerprint density at radius 2 is 1.41 bits per heavy atom. The van der Waals surface area contributed by atoms with Crippen LogP contribution >= 0.6 is 0 Å². The van der Waals surface area contributed by atoms with Gasteiger partial charge in [-0.15, -0.1) is 0 Å². The van der Waals surface area contributed by atoms with Gasteiger partial charge in [0.05, 0.1) is 19.8 Å². The Morgan fingerprint density at radius 1 is 0.841 bits per heavy atom. The highest BCUT2D eigenvalue weighted by molar-refractivity contribution is 7.80. The van der Waals surface area contributed by atoms with Gasteiger partial charge in [-0.25, -0.2) is 4.18 Å². The average Bonchev–Trinajstić information content (AvgIpc) is 2.99. The molecule has 0 amide bonds. The van der Waals surface area contributed by atoms with Gasteiger partial charge in [-0.05, 0) is 32.1 Å². The first-order valence-electron chi connectivity index (χ1n) is 16.4. The fourth-order valence-corrected chi connectivity index (χ4v) is 5.38. The number of ether oxygens (including phenoxy) is 4. The molecule has 4 N–H and O–H groups in total. The molecule has 1 fully saturated rings. The van der Waals surface area contributed by atoms with Gasteiger partial charge in [0.15, 0.2) is 6.29 Å². The molecule has 0 aromatic rings. The van der Waals surface area contributed by atoms with Gasteiger partial charge in [0.25, 0.3) is 0 Å². The summed E-state index contributed by atoms with van der Waals surface area (Å²) in [6, 6.07) is 0. The number of hydrogen-bond donors (Lipinski definition) is 4. The highest BCUT2D eigenvalue weighted by Crippen LogP contribution is 2.25. The summed E-state index contributed by atoms with van der Waals surface area (Å²) < 4.78 is 57.5. The van der Waals surface area contributed by atoms with Crippen LogP contribution in [0.25, 0.3) is 0 Å². The van der Waals surface area contributed by atoms with Crippen molar-refractivity contribution in [2.45, 2.75) is 153 Å². The molecule has 1 aliphatic rings. The summed E-state index contributed by atoms with van der Waals surface area (Å²) in [6.07, 6.45) is 13.8. The second-order valence-electron chi connectivity index (χ2n) is 11.4. The van der Waals surface area contributed by atoms with Crippen molar-refractivity contribution in [1.82, 2.24) is 0 Å². The highest BCUT2D eigenvalue weighted by atomic mass is 32.3. The minimum absolute atomic E-state index is 0.0246. The molecule has 0 spiro atoms. The normalized spacial score (nSPS) is 23.3. The van der Waals surface area contributed by atoms with E-state index >= 15 is 0 Å². The fraction of sp³-hybridized carbons (Fsp3) is 0.903. The van der Waals surface area contributed by atoms with E-state index in [1.54, 1.807) is 6.92 Å². The number of unbranched alkanes of at least 4 members (excludes halogenated alkanes) is 13. The van der Waals surface area contributed by atoms with Crippen LogP contribution in [0, 0.1) is 0 Å². The van der Waals surface area contributed by atoms with E-state index in [0.717, 1.165) is 25.7 Å². The predicted molar refractivity (Wildman–Crippen MR) is 165 cm³/mol. The Balaban J connectivity index is 2.25. The quantitative estimate of drug-likeness (QED) is 0.0425. The molecule has 12 nitrogen and oxygen atoms in total. The first-order valence-corrected chi connectivity index (χ1v) is 17.8. The predicted octanol–water partition coefficient (Wildman–Crippen LogP) is 4.40. The first-order chi connectivity index (χ1) is 21.1. The maximum atomic E-state index is 11.9. The van der Waals surface area contributed by atoms with Crippen LogP contribution in [0.1, 0.15) is 117 Å². The van der Waals surface area contributed by atoms with Crippen LogP contribution in [-0.2, 0) is 38.3 Å². The average molecular weight is 655 g/mol. The number of allylic oxidation sites excluding steroid dienone is 2. The van der Waals surface area contributed by atoms with Crippen LogP contribution in [0.3, 0.4) is 0 Å². The van der Waals surface area contributed by atoms with E-state index in [1.807, 2.05) is 0 Å². The molecule has 0 aromatic carbocycles. The maximum absolute atomic E-state index is 11.9. The Hall–Kier alpha value is -1.16. The van der Waals surface area contributed by atoms with Gasteiger partial charge in [-0.1, -0.05) is 90.2 Å². The third kappa shape index (κ3) is 19.4. The zero-order chi connectivity index (χ0) is 32.6. The van der Waals surface area contributed by atoms with Crippen molar-refractivity contribution >= 4 is 16.4 Å². The summed E-state index contributed by atoms with van der Waals surface area (Å²) in [4.78, 5) is 11.9. The molecular weight excluding hydrogens is 596 g/mol. The third-order valence-corrected chi connectivity index (χ3v) is 7.91. The second-order valence-corrected chi connectivity index (χ2v) is 12.4. The lowest BCUT2D eigenvalue weighted by Gasteiger charge is -2.41. The number of hydrogen-bond acceptors (Lipinski definition) is 11. The van der Waals surface area contributed by atoms with Crippen LogP contribution in [-0.4, -0.2) is 97.5 Å². The number of esters is 1. The van der Waals surface area contributed by atoms with Crippen LogP contribution in [0.4, 0.5) is 0 Å². The Labute approximate surface area is 264 Å². The summed E-state index contributed by atoms with van der Waals surface area (Å²) in [5.74, 6) is -0.490. The van der Waals surface area contributed by atoms with Crippen LogP contribution in [0.5, 0.6) is 0 Å². The molecule has 0 radical (unpaired) electrons. The lowest BCUT2D eigenvalue weighted by molar-refractivity contribution is -0.301. The Bertz CT molecular complexity index is 853. The van der Waals surface area contributed by atoms with Crippen LogP contribution in [0.2, 0.25) is 0 Å². The minimum atomic E-state index is -5.04. The van der Waals surface area contributed by atoms with Gasteiger partial charge in [0, 0.05) is 13.0 Å². The Kier molecular flexibility index (Phi) is 23.2. The van der Waals surface area contributed by atoms with Crippen LogP contribution in [0.15, 0.2) is 12.2 Å². The molecule has 13 heteroatoms. The molecule has 1 heterocycles. The van der Waals surface area contributed by atoms with Gasteiger partial charge < -0.3 is 34.3 Å². The zero-order valence-electron chi connectivity index (χ0n) is 26.7. The van der Waals surface area contributed by atoms with Crippen molar-refractivity contribution < 1.29 is 56.2 Å². The topological polar surface area (TPSA) is 178 Å². The lowest BCUT2D eigenvalue weighted by atomic mass is 9.99. The van der Waals surface area contributed by atoms with Gasteiger partial charge in [0.2, 0.25) is 0 Å². The van der Waals surface area contributed by atoms with E-state index in [-0.39, 0.29) is 19.6 Å². The number of carbonyl (C=O) groups is 1. The van der Waals surface area contributed by atoms with Gasteiger partial charge in [-0.3, -0.25) is 9.35 Å². The molecule has 1 saturated heterocycles. The number of carbonyl (C=O) groups excluding carboxylic acids is 1. The SMILES string of the molecule is CCCCCCCCC/C=C\CCCCCCCCOCC(COC1OC(CO)C(O)C(OS(=O)(=O)O)C1O)OC(=O)CC. The van der Waals surface area contributed by atoms with Crippen molar-refractivity contribution in [3.05, 3.63) is 12.2 Å². The van der Waals surface area contributed by atoms with Gasteiger partial charge >= 0.3 is 16.4 Å². The van der Waals surface area contributed by atoms with Crippen LogP contribution < -0.4 is 0 Å². The molecule has 0 saturated carbocycles. The second kappa shape index (κ2) is 25.0. The number of aliphatic hydroxyl groups excluding tert-OH is 3. The smallest absolute Gasteiger partial charge is 0.397 e. The van der Waals surface area contributed by atoms with E-state index < -0.39 is 59.8 Å².